The van der Waals surface area contributed by atoms with Crippen molar-refractivity contribution in [2.24, 2.45) is 0 Å². The molecule has 3 nitrogen and oxygen atoms in total. The predicted molar refractivity (Wildman–Crippen MR) is 166 cm³/mol. The molecule has 0 fully saturated rings. The molecule has 0 atom stereocenters. The first-order valence-electron chi connectivity index (χ1n) is 14.1. The topological polar surface area (TPSA) is 27.7 Å². The number of methoxy groups -OCH3 is 3. The third-order valence-corrected chi connectivity index (χ3v) is 8.49. The zero-order chi connectivity index (χ0) is 28.5. The van der Waals surface area contributed by atoms with Crippen molar-refractivity contribution in [3.05, 3.63) is 85.4 Å². The van der Waals surface area contributed by atoms with Crippen LogP contribution in [0.25, 0.3) is 0 Å². The molecule has 210 valence electrons. The Bertz CT molecular complexity index is 1240. The third-order valence-electron chi connectivity index (χ3n) is 8.03. The Hall–Kier alpha value is -2.46. The van der Waals surface area contributed by atoms with E-state index in [0.717, 1.165) is 60.2 Å². The van der Waals surface area contributed by atoms with E-state index in [9.17, 15) is 0 Å². The summed E-state index contributed by atoms with van der Waals surface area (Å²) >= 11 is 3.79. The number of hydrogen-bond donors (Lipinski definition) is 0. The molecule has 0 unspecified atom stereocenters. The smallest absolute Gasteiger partial charge is 0.125 e. The number of aryl methyl sites for hydroxylation is 6. The van der Waals surface area contributed by atoms with Crippen LogP contribution in [0.15, 0.2) is 40.9 Å². The van der Waals surface area contributed by atoms with E-state index in [1.807, 2.05) is 14.2 Å². The number of rotatable bonds is 3. The molecule has 6 bridgehead atoms. The number of ether oxygens (including phenoxy) is 3. The van der Waals surface area contributed by atoms with Gasteiger partial charge in [0.1, 0.15) is 17.2 Å². The van der Waals surface area contributed by atoms with Crippen LogP contribution >= 0.6 is 15.9 Å². The minimum atomic E-state index is 0.0380. The van der Waals surface area contributed by atoms with Crippen LogP contribution in [-0.2, 0) is 49.4 Å². The van der Waals surface area contributed by atoms with E-state index >= 15 is 0 Å². The molecule has 0 saturated heterocycles. The van der Waals surface area contributed by atoms with Crippen molar-refractivity contribution in [1.29, 1.82) is 0 Å². The van der Waals surface area contributed by atoms with Gasteiger partial charge in [0.05, 0.1) is 21.3 Å². The first-order chi connectivity index (χ1) is 18.3. The Morgan fingerprint density at radius 1 is 0.462 bits per heavy atom. The van der Waals surface area contributed by atoms with Crippen molar-refractivity contribution in [2.45, 2.75) is 90.9 Å². The van der Waals surface area contributed by atoms with E-state index in [4.69, 9.17) is 14.2 Å². The first-order valence-corrected chi connectivity index (χ1v) is 14.9. The summed E-state index contributed by atoms with van der Waals surface area (Å²) < 4.78 is 19.4. The van der Waals surface area contributed by atoms with Gasteiger partial charge in [0, 0.05) is 4.47 Å². The summed E-state index contributed by atoms with van der Waals surface area (Å²) in [6.45, 7) is 13.7. The highest BCUT2D eigenvalue weighted by atomic mass is 79.9. The molecule has 0 saturated carbocycles. The van der Waals surface area contributed by atoms with Crippen LogP contribution in [0.3, 0.4) is 0 Å². The van der Waals surface area contributed by atoms with E-state index < -0.39 is 0 Å². The van der Waals surface area contributed by atoms with Crippen LogP contribution in [0, 0.1) is 0 Å². The molecule has 0 aliphatic heterocycles. The normalized spacial score (nSPS) is 14.3. The molecule has 0 aromatic heterocycles. The van der Waals surface area contributed by atoms with Gasteiger partial charge in [-0.3, -0.25) is 0 Å². The van der Waals surface area contributed by atoms with Gasteiger partial charge in [0.25, 0.3) is 0 Å². The molecule has 0 spiro atoms. The molecule has 1 aliphatic carbocycles. The first kappa shape index (κ1) is 29.5. The van der Waals surface area contributed by atoms with E-state index in [1.54, 1.807) is 7.11 Å². The monoisotopic (exact) mass is 592 g/mol. The fraction of sp³-hybridized carbons (Fsp3) is 0.486. The summed E-state index contributed by atoms with van der Waals surface area (Å²) in [6.07, 6.45) is 5.32. The fourth-order valence-corrected chi connectivity index (χ4v) is 6.35. The standard InChI is InChI=1S/C35H45BrO3/c1-34(2,3)28-16-22-10-11-23-17-29(35(4,5)6)19-25(32(23)38-8)13-15-27-21-30(36)20-26(33(27)39-9)14-12-24(18-28)31(22)37-7/h16-21H,10-15H2,1-9H3. The Balaban J connectivity index is 1.98. The largest absolute Gasteiger partial charge is 0.496 e. The summed E-state index contributed by atoms with van der Waals surface area (Å²) in [5.74, 6) is 3.02. The summed E-state index contributed by atoms with van der Waals surface area (Å²) in [5, 5.41) is 0. The SMILES string of the molecule is COc1c2cc(Br)cc1CCc1cc(C(C)(C)C)cc(c1OC)CCc1cc(C(C)(C)C)cc(c1OC)CC2. The lowest BCUT2D eigenvalue weighted by Gasteiger charge is -2.25. The summed E-state index contributed by atoms with van der Waals surface area (Å²) in [6, 6.07) is 13.8. The molecule has 1 aliphatic rings. The van der Waals surface area contributed by atoms with Crippen LogP contribution in [0.1, 0.15) is 86.1 Å². The second-order valence-corrected chi connectivity index (χ2v) is 13.8. The van der Waals surface area contributed by atoms with Gasteiger partial charge in [-0.15, -0.1) is 0 Å². The molecular formula is C35H45BrO3. The van der Waals surface area contributed by atoms with Crippen molar-refractivity contribution in [3.8, 4) is 17.2 Å². The summed E-state index contributed by atoms with van der Waals surface area (Å²) in [7, 11) is 5.41. The molecule has 4 rings (SSSR count). The molecular weight excluding hydrogens is 548 g/mol. The average molecular weight is 594 g/mol. The Kier molecular flexibility index (Phi) is 8.76. The van der Waals surface area contributed by atoms with Gasteiger partial charge in [-0.05, 0) is 106 Å². The molecule has 3 aromatic carbocycles. The van der Waals surface area contributed by atoms with E-state index in [2.05, 4.69) is 93.9 Å². The second-order valence-electron chi connectivity index (χ2n) is 12.9. The predicted octanol–water partition coefficient (Wildman–Crippen LogP) is 8.74. The lowest BCUT2D eigenvalue weighted by atomic mass is 9.82. The van der Waals surface area contributed by atoms with Crippen molar-refractivity contribution in [2.75, 3.05) is 21.3 Å². The van der Waals surface area contributed by atoms with E-state index in [1.165, 1.54) is 44.5 Å². The molecule has 39 heavy (non-hydrogen) atoms. The maximum absolute atomic E-state index is 6.12. The van der Waals surface area contributed by atoms with Gasteiger partial charge in [0.2, 0.25) is 0 Å². The Labute approximate surface area is 244 Å². The molecule has 4 heteroatoms. The van der Waals surface area contributed by atoms with E-state index in [-0.39, 0.29) is 10.8 Å². The highest BCUT2D eigenvalue weighted by Gasteiger charge is 2.24. The van der Waals surface area contributed by atoms with Gasteiger partial charge in [-0.25, -0.2) is 0 Å². The quantitative estimate of drug-likeness (QED) is 0.304. The van der Waals surface area contributed by atoms with Crippen molar-refractivity contribution >= 4 is 15.9 Å². The lowest BCUT2D eigenvalue weighted by Crippen LogP contribution is -2.15. The van der Waals surface area contributed by atoms with Crippen LogP contribution < -0.4 is 14.2 Å². The van der Waals surface area contributed by atoms with Crippen LogP contribution in [0.4, 0.5) is 0 Å². The number of halogens is 1. The van der Waals surface area contributed by atoms with Crippen LogP contribution in [0.2, 0.25) is 0 Å². The van der Waals surface area contributed by atoms with Crippen molar-refractivity contribution in [3.63, 3.8) is 0 Å². The number of fused-ring (bicyclic) bond motifs is 6. The fourth-order valence-electron chi connectivity index (χ4n) is 5.80. The van der Waals surface area contributed by atoms with Gasteiger partial charge in [-0.2, -0.15) is 0 Å². The second kappa shape index (κ2) is 11.6. The van der Waals surface area contributed by atoms with E-state index in [0.29, 0.717) is 0 Å². The molecule has 0 amide bonds. The lowest BCUT2D eigenvalue weighted by molar-refractivity contribution is 0.399. The zero-order valence-corrected chi connectivity index (χ0v) is 26.9. The highest BCUT2D eigenvalue weighted by Crippen LogP contribution is 2.39. The highest BCUT2D eigenvalue weighted by molar-refractivity contribution is 9.10. The van der Waals surface area contributed by atoms with Crippen molar-refractivity contribution < 1.29 is 14.2 Å². The molecule has 0 heterocycles. The minimum Gasteiger partial charge on any atom is -0.496 e. The van der Waals surface area contributed by atoms with Gasteiger partial charge in [0.15, 0.2) is 0 Å². The van der Waals surface area contributed by atoms with Crippen molar-refractivity contribution in [1.82, 2.24) is 0 Å². The molecule has 0 N–H and O–H groups in total. The third kappa shape index (κ3) is 6.48. The molecule has 0 radical (unpaired) electrons. The minimum absolute atomic E-state index is 0.0380. The van der Waals surface area contributed by atoms with Gasteiger partial charge < -0.3 is 14.2 Å². The van der Waals surface area contributed by atoms with Gasteiger partial charge in [-0.1, -0.05) is 81.7 Å². The maximum atomic E-state index is 6.12. The maximum Gasteiger partial charge on any atom is 0.125 e. The zero-order valence-electron chi connectivity index (χ0n) is 25.3. The summed E-state index contributed by atoms with van der Waals surface area (Å²) in [5.41, 5.74) is 10.3. The average Bonchev–Trinajstić information content (AvgIpc) is 2.86. The van der Waals surface area contributed by atoms with Gasteiger partial charge >= 0.3 is 0 Å². The molecule has 3 aromatic rings. The Morgan fingerprint density at radius 2 is 0.692 bits per heavy atom. The summed E-state index contributed by atoms with van der Waals surface area (Å²) in [4.78, 5) is 0. The number of hydrogen-bond acceptors (Lipinski definition) is 3. The van der Waals surface area contributed by atoms with Crippen LogP contribution in [0.5, 0.6) is 17.2 Å². The number of benzene rings is 3. The van der Waals surface area contributed by atoms with Crippen LogP contribution in [-0.4, -0.2) is 21.3 Å². The Morgan fingerprint density at radius 3 is 0.897 bits per heavy atom.